The monoisotopic (exact) mass is 924 g/mol. The van der Waals surface area contributed by atoms with Gasteiger partial charge in [0.1, 0.15) is 11.5 Å². The van der Waals surface area contributed by atoms with Gasteiger partial charge < -0.3 is 14.5 Å². The SMILES string of the molecule is c1ccc(N(c2ccccc2)c2ccc(-c3ccc(N(c4cccc(-c5ccc6c(c5)sc5ccccc56)c4)c4ccc5c(c4)C4(c6ccccc6O5)c5ccccc5-c5ccccc54)cc3)cc2)cc1. The van der Waals surface area contributed by atoms with E-state index >= 15 is 0 Å². The highest BCUT2D eigenvalue weighted by Gasteiger charge is 2.51. The van der Waals surface area contributed by atoms with Crippen molar-refractivity contribution >= 4 is 65.6 Å². The summed E-state index contributed by atoms with van der Waals surface area (Å²) in [4.78, 5) is 4.71. The molecule has 0 saturated carbocycles. The first-order valence-corrected chi connectivity index (χ1v) is 25.0. The van der Waals surface area contributed by atoms with E-state index in [2.05, 4.69) is 277 Å². The second-order valence-corrected chi connectivity index (χ2v) is 19.5. The molecular weight excluding hydrogens is 881 g/mol. The number of thiophene rings is 1. The molecule has 1 aromatic heterocycles. The molecule has 0 fully saturated rings. The van der Waals surface area contributed by atoms with Crippen LogP contribution in [0.15, 0.2) is 267 Å². The molecule has 0 unspecified atom stereocenters. The third-order valence-corrected chi connectivity index (χ3v) is 15.7. The first kappa shape index (κ1) is 41.1. The number of hydrogen-bond donors (Lipinski definition) is 0. The lowest BCUT2D eigenvalue weighted by molar-refractivity contribution is 0.436. The Morgan fingerprint density at radius 1 is 0.282 bits per heavy atom. The van der Waals surface area contributed by atoms with E-state index in [1.165, 1.54) is 48.0 Å². The number of para-hydroxylation sites is 3. The predicted molar refractivity (Wildman–Crippen MR) is 297 cm³/mol. The van der Waals surface area contributed by atoms with Gasteiger partial charge in [0.05, 0.1) is 5.41 Å². The average molecular weight is 925 g/mol. The van der Waals surface area contributed by atoms with Crippen molar-refractivity contribution in [2.45, 2.75) is 5.41 Å². The number of rotatable bonds is 8. The molecule has 14 rings (SSSR count). The molecule has 1 aliphatic carbocycles. The van der Waals surface area contributed by atoms with Gasteiger partial charge in [-0.1, -0.05) is 170 Å². The number of fused-ring (bicyclic) bond motifs is 12. The number of anilines is 6. The minimum absolute atomic E-state index is 0.590. The third-order valence-electron chi connectivity index (χ3n) is 14.5. The molecule has 11 aromatic carbocycles. The first-order chi connectivity index (χ1) is 35.2. The average Bonchev–Trinajstić information content (AvgIpc) is 3.96. The van der Waals surface area contributed by atoms with Crippen molar-refractivity contribution in [3.05, 3.63) is 289 Å². The Kier molecular flexibility index (Phi) is 9.61. The molecule has 2 aliphatic rings. The van der Waals surface area contributed by atoms with Crippen molar-refractivity contribution in [3.63, 3.8) is 0 Å². The van der Waals surface area contributed by atoms with Gasteiger partial charge in [-0.2, -0.15) is 0 Å². The van der Waals surface area contributed by atoms with Crippen LogP contribution in [0.1, 0.15) is 22.3 Å². The second kappa shape index (κ2) is 16.6. The standard InChI is InChI=1S/C67H44N2OS/c1-3-17-49(18-4-1)68(50-19-5-2-6-20-50)51-35-30-45(31-36-51)46-32-37-52(38-33-46)69(53-21-15-16-47(42-53)48-34-40-58-57-24-9-14-29-65(57)71-66(58)43-48)54-39-41-64-62(44-54)67(61-27-12-13-28-63(61)70-64)59-25-10-7-22-55(59)56-23-8-11-26-60(56)67/h1-44H. The highest BCUT2D eigenvalue weighted by molar-refractivity contribution is 7.25. The van der Waals surface area contributed by atoms with Crippen LogP contribution >= 0.6 is 11.3 Å². The van der Waals surface area contributed by atoms with Crippen molar-refractivity contribution < 1.29 is 4.74 Å². The molecule has 12 aromatic rings. The molecule has 3 nitrogen and oxygen atoms in total. The summed E-state index contributed by atoms with van der Waals surface area (Å²) in [5.41, 5.74) is 17.9. The fraction of sp³-hybridized carbons (Fsp3) is 0.0149. The highest BCUT2D eigenvalue weighted by Crippen LogP contribution is 2.62. The summed E-state index contributed by atoms with van der Waals surface area (Å²) in [6, 6.07) is 96.9. The Morgan fingerprint density at radius 2 is 0.746 bits per heavy atom. The molecule has 334 valence electrons. The van der Waals surface area contributed by atoms with E-state index in [0.717, 1.165) is 73.4 Å². The van der Waals surface area contributed by atoms with Gasteiger partial charge in [0.2, 0.25) is 0 Å². The Bertz CT molecular complexity index is 3890. The largest absolute Gasteiger partial charge is 0.457 e. The predicted octanol–water partition coefficient (Wildman–Crippen LogP) is 18.8. The van der Waals surface area contributed by atoms with Crippen LogP contribution in [-0.4, -0.2) is 0 Å². The van der Waals surface area contributed by atoms with Crippen molar-refractivity contribution in [1.29, 1.82) is 0 Å². The van der Waals surface area contributed by atoms with Crippen molar-refractivity contribution in [2.24, 2.45) is 0 Å². The Balaban J connectivity index is 0.907. The van der Waals surface area contributed by atoms with E-state index in [-0.39, 0.29) is 0 Å². The molecule has 0 saturated heterocycles. The van der Waals surface area contributed by atoms with Gasteiger partial charge in [-0.3, -0.25) is 0 Å². The van der Waals surface area contributed by atoms with Gasteiger partial charge in [-0.25, -0.2) is 0 Å². The zero-order valence-corrected chi connectivity index (χ0v) is 39.4. The van der Waals surface area contributed by atoms with Crippen LogP contribution < -0.4 is 14.5 Å². The van der Waals surface area contributed by atoms with Gasteiger partial charge in [0.15, 0.2) is 0 Å². The number of benzene rings is 11. The Labute approximate surface area is 417 Å². The maximum atomic E-state index is 6.89. The first-order valence-electron chi connectivity index (χ1n) is 24.2. The molecule has 1 spiro atoms. The zero-order chi connectivity index (χ0) is 46.9. The fourth-order valence-electron chi connectivity index (χ4n) is 11.4. The van der Waals surface area contributed by atoms with Crippen LogP contribution in [-0.2, 0) is 5.41 Å². The molecular formula is C67H44N2OS. The van der Waals surface area contributed by atoms with E-state index in [4.69, 9.17) is 4.74 Å². The molecule has 0 radical (unpaired) electrons. The van der Waals surface area contributed by atoms with Crippen LogP contribution in [0.25, 0.3) is 53.6 Å². The summed E-state index contributed by atoms with van der Waals surface area (Å²) in [5, 5.41) is 2.61. The van der Waals surface area contributed by atoms with Gasteiger partial charge in [0, 0.05) is 65.4 Å². The van der Waals surface area contributed by atoms with E-state index in [9.17, 15) is 0 Å². The lowest BCUT2D eigenvalue weighted by Crippen LogP contribution is -2.32. The third kappa shape index (κ3) is 6.64. The summed E-state index contributed by atoms with van der Waals surface area (Å²) < 4.78 is 9.49. The maximum absolute atomic E-state index is 6.89. The van der Waals surface area contributed by atoms with Gasteiger partial charge in [-0.05, 0) is 142 Å². The molecule has 0 N–H and O–H groups in total. The van der Waals surface area contributed by atoms with Gasteiger partial charge >= 0.3 is 0 Å². The molecule has 0 bridgehead atoms. The molecule has 2 heterocycles. The van der Waals surface area contributed by atoms with Crippen LogP contribution in [0.4, 0.5) is 34.1 Å². The van der Waals surface area contributed by atoms with Crippen LogP contribution in [0.3, 0.4) is 0 Å². The fourth-order valence-corrected chi connectivity index (χ4v) is 12.5. The lowest BCUT2D eigenvalue weighted by Gasteiger charge is -2.40. The van der Waals surface area contributed by atoms with Crippen LogP contribution in [0.5, 0.6) is 11.5 Å². The summed E-state index contributed by atoms with van der Waals surface area (Å²) in [5.74, 6) is 1.75. The van der Waals surface area contributed by atoms with Gasteiger partial charge in [-0.15, -0.1) is 11.3 Å². The molecule has 71 heavy (non-hydrogen) atoms. The number of ether oxygens (including phenoxy) is 1. The van der Waals surface area contributed by atoms with Crippen molar-refractivity contribution in [1.82, 2.24) is 0 Å². The smallest absolute Gasteiger partial charge is 0.132 e. The van der Waals surface area contributed by atoms with Crippen molar-refractivity contribution in [3.8, 4) is 44.9 Å². The Hall–Kier alpha value is -8.96. The second-order valence-electron chi connectivity index (χ2n) is 18.4. The Morgan fingerprint density at radius 3 is 1.42 bits per heavy atom. The van der Waals surface area contributed by atoms with E-state index in [1.807, 2.05) is 11.3 Å². The molecule has 4 heteroatoms. The normalized spacial score (nSPS) is 12.7. The summed E-state index contributed by atoms with van der Waals surface area (Å²) >= 11 is 1.86. The topological polar surface area (TPSA) is 15.7 Å². The minimum atomic E-state index is -0.590. The summed E-state index contributed by atoms with van der Waals surface area (Å²) in [6.45, 7) is 0. The summed E-state index contributed by atoms with van der Waals surface area (Å²) in [7, 11) is 0. The van der Waals surface area contributed by atoms with E-state index < -0.39 is 5.41 Å². The van der Waals surface area contributed by atoms with Crippen LogP contribution in [0.2, 0.25) is 0 Å². The van der Waals surface area contributed by atoms with Crippen molar-refractivity contribution in [2.75, 3.05) is 9.80 Å². The number of nitrogens with zero attached hydrogens (tertiary/aromatic N) is 2. The minimum Gasteiger partial charge on any atom is -0.457 e. The van der Waals surface area contributed by atoms with Gasteiger partial charge in [0.25, 0.3) is 0 Å². The van der Waals surface area contributed by atoms with E-state index in [0.29, 0.717) is 0 Å². The number of hydrogen-bond acceptors (Lipinski definition) is 4. The highest BCUT2D eigenvalue weighted by atomic mass is 32.1. The molecule has 0 atom stereocenters. The van der Waals surface area contributed by atoms with E-state index in [1.54, 1.807) is 0 Å². The lowest BCUT2D eigenvalue weighted by atomic mass is 9.66. The zero-order valence-electron chi connectivity index (χ0n) is 38.6. The summed E-state index contributed by atoms with van der Waals surface area (Å²) in [6.07, 6.45) is 0. The molecule has 1 aliphatic heterocycles. The molecule has 0 amide bonds. The maximum Gasteiger partial charge on any atom is 0.132 e. The quantitative estimate of drug-likeness (QED) is 0.151. The van der Waals surface area contributed by atoms with Crippen LogP contribution in [0, 0.1) is 0 Å².